The van der Waals surface area contributed by atoms with Crippen LogP contribution in [-0.4, -0.2) is 77.5 Å². The van der Waals surface area contributed by atoms with Crippen molar-refractivity contribution in [3.8, 4) is 22.3 Å². The molecule has 0 aliphatic carbocycles. The van der Waals surface area contributed by atoms with Gasteiger partial charge in [0.05, 0.1) is 33.4 Å². The highest BCUT2D eigenvalue weighted by atomic mass is 16.8. The zero-order chi connectivity index (χ0) is 30.1. The van der Waals surface area contributed by atoms with Gasteiger partial charge in [-0.1, -0.05) is 30.3 Å². The maximum absolute atomic E-state index is 12.7. The molecule has 0 atom stereocenters. The predicted molar refractivity (Wildman–Crippen MR) is 130 cm³/mol. The van der Waals surface area contributed by atoms with Gasteiger partial charge in [-0.15, -0.1) is 0 Å². The van der Waals surface area contributed by atoms with Crippen LogP contribution in [0, 0.1) is 0 Å². The number of hydrogen-bond donors (Lipinski definition) is 7. The van der Waals surface area contributed by atoms with Crippen molar-refractivity contribution in [1.29, 1.82) is 0 Å². The summed E-state index contributed by atoms with van der Waals surface area (Å²) in [6, 6.07) is 7.91. The van der Waals surface area contributed by atoms with E-state index in [4.69, 9.17) is 0 Å². The van der Waals surface area contributed by atoms with Gasteiger partial charge in [-0.25, -0.2) is 28.8 Å². The summed E-state index contributed by atoms with van der Waals surface area (Å²) in [5.41, 5.74) is -7.28. The lowest BCUT2D eigenvalue weighted by atomic mass is 9.82. The molecule has 0 spiro atoms. The largest absolute Gasteiger partial charge is 0.478 e. The molecule has 14 heteroatoms. The minimum Gasteiger partial charge on any atom is -0.478 e. The number of carbonyl (C=O) groups is 6. The summed E-state index contributed by atoms with van der Waals surface area (Å²) in [6.07, 6.45) is 0. The van der Waals surface area contributed by atoms with Crippen LogP contribution in [0.5, 0.6) is 0 Å². The number of rotatable bonds is 9. The van der Waals surface area contributed by atoms with E-state index in [1.165, 1.54) is 0 Å². The standard InChI is InChI=1S/C26H18O14/c1-26(38,39)40-25(37)15-9-8-11(10-4-2-6-13(20(27)28)17(10)22(31)32)16(19(15)24(35)36)12-5-3-7-14(21(29)30)18(12)23(33)34/h2-9,38-39H,1H3,(H,27,28)(H,29,30)(H,31,32)(H,33,34)(H,35,36). The molecule has 0 amide bonds. The molecule has 14 nitrogen and oxygen atoms in total. The first-order valence-corrected chi connectivity index (χ1v) is 10.8. The van der Waals surface area contributed by atoms with Crippen molar-refractivity contribution in [2.75, 3.05) is 0 Å². The van der Waals surface area contributed by atoms with Crippen LogP contribution >= 0.6 is 0 Å². The molecule has 0 aliphatic rings. The molecule has 0 bridgehead atoms. The molecule has 206 valence electrons. The maximum atomic E-state index is 12.7. The fourth-order valence-corrected chi connectivity index (χ4v) is 4.08. The molecule has 0 heterocycles. The second-order valence-corrected chi connectivity index (χ2v) is 8.22. The van der Waals surface area contributed by atoms with Gasteiger partial charge in [0, 0.05) is 12.5 Å². The number of carbonyl (C=O) groups excluding carboxylic acids is 1. The van der Waals surface area contributed by atoms with Gasteiger partial charge in [0.25, 0.3) is 0 Å². The number of carboxylic acids is 5. The van der Waals surface area contributed by atoms with Gasteiger partial charge in [0.15, 0.2) is 0 Å². The summed E-state index contributed by atoms with van der Waals surface area (Å²) in [5, 5.41) is 68.0. The smallest absolute Gasteiger partial charge is 0.343 e. The molecule has 0 unspecified atom stereocenters. The van der Waals surface area contributed by atoms with Gasteiger partial charge in [0.2, 0.25) is 0 Å². The van der Waals surface area contributed by atoms with E-state index in [-0.39, 0.29) is 0 Å². The lowest BCUT2D eigenvalue weighted by molar-refractivity contribution is -0.294. The SMILES string of the molecule is CC(O)(O)OC(=O)c1ccc(-c2cccc(C(=O)O)c2C(=O)O)c(-c2cccc(C(=O)O)c2C(=O)O)c1C(=O)O. The molecule has 0 radical (unpaired) electrons. The molecule has 3 aromatic carbocycles. The summed E-state index contributed by atoms with van der Waals surface area (Å²) >= 11 is 0. The third-order valence-corrected chi connectivity index (χ3v) is 5.50. The number of ether oxygens (including phenoxy) is 1. The minimum atomic E-state index is -3.08. The van der Waals surface area contributed by atoms with Crippen LogP contribution in [0.4, 0.5) is 0 Å². The summed E-state index contributed by atoms with van der Waals surface area (Å²) in [5.74, 6) is -13.6. The van der Waals surface area contributed by atoms with Crippen LogP contribution in [0.3, 0.4) is 0 Å². The molecule has 3 rings (SSSR count). The van der Waals surface area contributed by atoms with E-state index in [1.54, 1.807) is 0 Å². The van der Waals surface area contributed by atoms with Gasteiger partial charge < -0.3 is 40.5 Å². The Morgan fingerprint density at radius 2 is 1.00 bits per heavy atom. The highest BCUT2D eigenvalue weighted by Crippen LogP contribution is 2.41. The monoisotopic (exact) mass is 554 g/mol. The molecule has 3 aromatic rings. The second-order valence-electron chi connectivity index (χ2n) is 8.22. The highest BCUT2D eigenvalue weighted by molar-refractivity contribution is 6.16. The number of aliphatic hydroxyl groups is 2. The molecule has 0 fully saturated rings. The number of benzene rings is 3. The van der Waals surface area contributed by atoms with Crippen LogP contribution in [-0.2, 0) is 4.74 Å². The van der Waals surface area contributed by atoms with Crippen molar-refractivity contribution in [3.05, 3.63) is 81.9 Å². The number of aromatic carboxylic acids is 5. The zero-order valence-corrected chi connectivity index (χ0v) is 20.1. The summed E-state index contributed by atoms with van der Waals surface area (Å²) in [6.45, 7) is 0.635. The normalized spacial score (nSPS) is 11.0. The van der Waals surface area contributed by atoms with Crippen LogP contribution in [0.25, 0.3) is 22.3 Å². The average Bonchev–Trinajstić information content (AvgIpc) is 2.85. The molecule has 0 saturated heterocycles. The molecule has 40 heavy (non-hydrogen) atoms. The Kier molecular flexibility index (Phi) is 7.71. The van der Waals surface area contributed by atoms with Gasteiger partial charge in [-0.05, 0) is 34.9 Å². The summed E-state index contributed by atoms with van der Waals surface area (Å²) in [4.78, 5) is 73.3. The molecule has 0 aliphatic heterocycles. The van der Waals surface area contributed by atoms with Gasteiger partial charge in [-0.3, -0.25) is 0 Å². The van der Waals surface area contributed by atoms with Gasteiger partial charge >= 0.3 is 41.8 Å². The maximum Gasteiger partial charge on any atom is 0.343 e. The zero-order valence-electron chi connectivity index (χ0n) is 20.1. The van der Waals surface area contributed by atoms with E-state index < -0.39 is 97.4 Å². The van der Waals surface area contributed by atoms with E-state index in [2.05, 4.69) is 4.74 Å². The number of carboxylic acid groups (broad SMARTS) is 5. The van der Waals surface area contributed by atoms with Gasteiger partial charge in [0.1, 0.15) is 0 Å². The summed E-state index contributed by atoms with van der Waals surface area (Å²) < 4.78 is 4.43. The van der Waals surface area contributed by atoms with Crippen LogP contribution < -0.4 is 0 Å². The molecular weight excluding hydrogens is 536 g/mol. The Bertz CT molecular complexity index is 1610. The van der Waals surface area contributed by atoms with Crippen molar-refractivity contribution < 1.29 is 69.2 Å². The Morgan fingerprint density at radius 3 is 1.43 bits per heavy atom. The third-order valence-electron chi connectivity index (χ3n) is 5.50. The lowest BCUT2D eigenvalue weighted by Gasteiger charge is -2.21. The van der Waals surface area contributed by atoms with E-state index in [0.717, 1.165) is 48.5 Å². The first-order chi connectivity index (χ1) is 18.6. The van der Waals surface area contributed by atoms with E-state index >= 15 is 0 Å². The minimum absolute atomic E-state index is 0.407. The van der Waals surface area contributed by atoms with Crippen molar-refractivity contribution in [2.24, 2.45) is 0 Å². The fourth-order valence-electron chi connectivity index (χ4n) is 4.08. The lowest BCUT2D eigenvalue weighted by Crippen LogP contribution is -2.31. The Balaban J connectivity index is 2.65. The number of esters is 1. The van der Waals surface area contributed by atoms with E-state index in [0.29, 0.717) is 6.92 Å². The topological polar surface area (TPSA) is 253 Å². The molecular formula is C26H18O14. The quantitative estimate of drug-likeness (QED) is 0.148. The van der Waals surface area contributed by atoms with Gasteiger partial charge in [-0.2, -0.15) is 0 Å². The van der Waals surface area contributed by atoms with Crippen LogP contribution in [0.1, 0.15) is 69.1 Å². The first kappa shape index (κ1) is 29.0. The highest BCUT2D eigenvalue weighted by Gasteiger charge is 2.33. The van der Waals surface area contributed by atoms with Crippen molar-refractivity contribution in [2.45, 2.75) is 12.9 Å². The van der Waals surface area contributed by atoms with Crippen molar-refractivity contribution >= 4 is 35.8 Å². The summed E-state index contributed by atoms with van der Waals surface area (Å²) in [7, 11) is 0. The molecule has 0 saturated carbocycles. The Morgan fingerprint density at radius 1 is 0.550 bits per heavy atom. The predicted octanol–water partition coefficient (Wildman–Crippen LogP) is 2.33. The molecule has 0 aromatic heterocycles. The number of hydrogen-bond acceptors (Lipinski definition) is 9. The van der Waals surface area contributed by atoms with Crippen LogP contribution in [0.2, 0.25) is 0 Å². The first-order valence-electron chi connectivity index (χ1n) is 10.8. The van der Waals surface area contributed by atoms with E-state index in [1.807, 2.05) is 0 Å². The third kappa shape index (κ3) is 5.47. The van der Waals surface area contributed by atoms with E-state index in [9.17, 15) is 64.5 Å². The second kappa shape index (κ2) is 10.6. The average molecular weight is 554 g/mol. The van der Waals surface area contributed by atoms with Crippen molar-refractivity contribution in [1.82, 2.24) is 0 Å². The Labute approximate surface area is 222 Å². The molecule has 7 N–H and O–H groups in total. The van der Waals surface area contributed by atoms with Crippen molar-refractivity contribution in [3.63, 3.8) is 0 Å². The Hall–Kier alpha value is -5.60. The van der Waals surface area contributed by atoms with Crippen LogP contribution in [0.15, 0.2) is 48.5 Å². The fraction of sp³-hybridized carbons (Fsp3) is 0.0769.